The van der Waals surface area contributed by atoms with Gasteiger partial charge in [-0.3, -0.25) is 0 Å². The number of para-hydroxylation sites is 1. The number of hydrogen-bond donors (Lipinski definition) is 0. The first-order chi connectivity index (χ1) is 6.29. The zero-order chi connectivity index (χ0) is 9.68. The van der Waals surface area contributed by atoms with E-state index in [1.165, 1.54) is 0 Å². The summed E-state index contributed by atoms with van der Waals surface area (Å²) in [6, 6.07) is 5.72. The van der Waals surface area contributed by atoms with Crippen LogP contribution in [-0.4, -0.2) is 7.11 Å². The molecule has 2 heteroatoms. The van der Waals surface area contributed by atoms with Gasteiger partial charge in [-0.05, 0) is 18.6 Å². The van der Waals surface area contributed by atoms with Crippen LogP contribution in [0.1, 0.15) is 12.5 Å². The Hall–Kier alpha value is -1.62. The van der Waals surface area contributed by atoms with Crippen molar-refractivity contribution in [3.05, 3.63) is 23.8 Å². The fraction of sp³-hybridized carbons (Fsp3) is 0.273. The number of hydrogen-bond acceptors (Lipinski definition) is 2. The van der Waals surface area contributed by atoms with Crippen molar-refractivity contribution in [1.82, 2.24) is 0 Å². The summed E-state index contributed by atoms with van der Waals surface area (Å²) < 4.78 is 10.4. The third kappa shape index (κ3) is 2.16. The zero-order valence-electron chi connectivity index (χ0n) is 8.05. The summed E-state index contributed by atoms with van der Waals surface area (Å²) in [4.78, 5) is 0. The van der Waals surface area contributed by atoms with E-state index in [9.17, 15) is 0 Å². The first kappa shape index (κ1) is 9.47. The molecule has 0 amide bonds. The Morgan fingerprint density at radius 2 is 2.08 bits per heavy atom. The molecule has 0 saturated heterocycles. The topological polar surface area (TPSA) is 18.5 Å². The molecule has 1 aromatic rings. The van der Waals surface area contributed by atoms with Crippen molar-refractivity contribution in [2.24, 2.45) is 0 Å². The summed E-state index contributed by atoms with van der Waals surface area (Å²) in [5, 5.41) is 0. The minimum Gasteiger partial charge on any atom is -0.493 e. The largest absolute Gasteiger partial charge is 0.493 e. The van der Waals surface area contributed by atoms with E-state index < -0.39 is 0 Å². The predicted molar refractivity (Wildman–Crippen MR) is 51.8 cm³/mol. The van der Waals surface area contributed by atoms with Gasteiger partial charge < -0.3 is 9.47 Å². The third-order valence-corrected chi connectivity index (χ3v) is 1.65. The molecule has 1 aromatic carbocycles. The zero-order valence-corrected chi connectivity index (χ0v) is 8.05. The van der Waals surface area contributed by atoms with Gasteiger partial charge in [0.15, 0.2) is 11.5 Å². The molecule has 0 atom stereocenters. The summed E-state index contributed by atoms with van der Waals surface area (Å²) in [6.07, 6.45) is 2.55. The molecule has 0 heterocycles. The monoisotopic (exact) mass is 176 g/mol. The molecular weight excluding hydrogens is 164 g/mol. The van der Waals surface area contributed by atoms with E-state index in [2.05, 4.69) is 12.0 Å². The van der Waals surface area contributed by atoms with Crippen LogP contribution in [0.5, 0.6) is 11.5 Å². The summed E-state index contributed by atoms with van der Waals surface area (Å²) in [6.45, 7) is 3.68. The van der Waals surface area contributed by atoms with E-state index in [0.29, 0.717) is 11.5 Å². The van der Waals surface area contributed by atoms with Gasteiger partial charge in [0.05, 0.1) is 7.11 Å². The molecule has 13 heavy (non-hydrogen) atoms. The van der Waals surface area contributed by atoms with Crippen LogP contribution in [0.4, 0.5) is 0 Å². The average molecular weight is 176 g/mol. The van der Waals surface area contributed by atoms with E-state index in [1.807, 2.05) is 25.1 Å². The van der Waals surface area contributed by atoms with E-state index in [4.69, 9.17) is 9.47 Å². The molecule has 0 radical (unpaired) electrons. The van der Waals surface area contributed by atoms with Gasteiger partial charge in [-0.25, -0.2) is 0 Å². The molecule has 2 nitrogen and oxygen atoms in total. The molecule has 0 aliphatic heterocycles. The lowest BCUT2D eigenvalue weighted by Crippen LogP contribution is -1.92. The van der Waals surface area contributed by atoms with Gasteiger partial charge >= 0.3 is 0 Å². The lowest BCUT2D eigenvalue weighted by molar-refractivity contribution is 0.384. The SMILES string of the molecule is CC#COc1c(C)cccc1OC. The normalized spacial score (nSPS) is 8.54. The molecule has 0 aliphatic rings. The molecule has 0 spiro atoms. The Morgan fingerprint density at radius 3 is 2.69 bits per heavy atom. The fourth-order valence-electron chi connectivity index (χ4n) is 1.02. The molecule has 1 rings (SSSR count). The van der Waals surface area contributed by atoms with Gasteiger partial charge in [0, 0.05) is 6.92 Å². The number of ether oxygens (including phenoxy) is 2. The lowest BCUT2D eigenvalue weighted by Gasteiger charge is -2.07. The Balaban J connectivity index is 3.05. The Kier molecular flexibility index (Phi) is 3.22. The van der Waals surface area contributed by atoms with Gasteiger partial charge in [-0.1, -0.05) is 18.1 Å². The quantitative estimate of drug-likeness (QED) is 0.644. The van der Waals surface area contributed by atoms with Gasteiger partial charge in [0.1, 0.15) is 6.11 Å². The third-order valence-electron chi connectivity index (χ3n) is 1.65. The number of methoxy groups -OCH3 is 1. The van der Waals surface area contributed by atoms with Crippen LogP contribution in [0.2, 0.25) is 0 Å². The predicted octanol–water partition coefficient (Wildman–Crippen LogP) is 2.36. The van der Waals surface area contributed by atoms with Gasteiger partial charge in [-0.2, -0.15) is 0 Å². The minimum absolute atomic E-state index is 0.694. The average Bonchev–Trinajstić information content (AvgIpc) is 2.15. The highest BCUT2D eigenvalue weighted by Gasteiger charge is 2.05. The fourth-order valence-corrected chi connectivity index (χ4v) is 1.02. The van der Waals surface area contributed by atoms with Crippen molar-refractivity contribution in [3.8, 4) is 23.5 Å². The van der Waals surface area contributed by atoms with E-state index in [0.717, 1.165) is 5.56 Å². The van der Waals surface area contributed by atoms with Crippen LogP contribution in [0.25, 0.3) is 0 Å². The first-order valence-electron chi connectivity index (χ1n) is 4.01. The number of aryl methyl sites for hydroxylation is 1. The standard InChI is InChI=1S/C11H12O2/c1-4-8-13-11-9(2)6-5-7-10(11)12-3/h5-7H,1-3H3. The minimum atomic E-state index is 0.694. The molecule has 68 valence electrons. The van der Waals surface area contributed by atoms with Gasteiger partial charge in [0.25, 0.3) is 0 Å². The maximum absolute atomic E-state index is 5.22. The Bertz CT molecular complexity index is 345. The molecule has 0 bridgehead atoms. The van der Waals surface area contributed by atoms with Crippen LogP contribution < -0.4 is 9.47 Å². The van der Waals surface area contributed by atoms with Crippen LogP contribution >= 0.6 is 0 Å². The van der Waals surface area contributed by atoms with Crippen LogP contribution in [-0.2, 0) is 0 Å². The van der Waals surface area contributed by atoms with Gasteiger partial charge in [0.2, 0.25) is 0 Å². The summed E-state index contributed by atoms with van der Waals surface area (Å²) in [5.74, 6) is 4.07. The van der Waals surface area contributed by atoms with Crippen LogP contribution in [0.3, 0.4) is 0 Å². The Labute approximate surface area is 78.5 Å². The van der Waals surface area contributed by atoms with Gasteiger partial charge in [-0.15, -0.1) is 0 Å². The van der Waals surface area contributed by atoms with Crippen molar-refractivity contribution in [3.63, 3.8) is 0 Å². The molecule has 0 unspecified atom stereocenters. The molecule has 0 fully saturated rings. The highest BCUT2D eigenvalue weighted by molar-refractivity contribution is 5.46. The molecular formula is C11H12O2. The second-order valence-electron chi connectivity index (χ2n) is 2.56. The summed E-state index contributed by atoms with van der Waals surface area (Å²) in [7, 11) is 1.61. The number of benzene rings is 1. The van der Waals surface area contributed by atoms with Crippen molar-refractivity contribution in [1.29, 1.82) is 0 Å². The smallest absolute Gasteiger partial charge is 0.184 e. The number of rotatable bonds is 2. The van der Waals surface area contributed by atoms with Crippen molar-refractivity contribution >= 4 is 0 Å². The molecule has 0 aromatic heterocycles. The molecule has 0 saturated carbocycles. The second-order valence-corrected chi connectivity index (χ2v) is 2.56. The lowest BCUT2D eigenvalue weighted by atomic mass is 10.2. The van der Waals surface area contributed by atoms with E-state index in [-0.39, 0.29) is 0 Å². The first-order valence-corrected chi connectivity index (χ1v) is 4.01. The summed E-state index contributed by atoms with van der Waals surface area (Å²) >= 11 is 0. The van der Waals surface area contributed by atoms with Crippen LogP contribution in [0.15, 0.2) is 18.2 Å². The van der Waals surface area contributed by atoms with Crippen molar-refractivity contribution in [2.45, 2.75) is 13.8 Å². The Morgan fingerprint density at radius 1 is 1.31 bits per heavy atom. The maximum Gasteiger partial charge on any atom is 0.184 e. The van der Waals surface area contributed by atoms with Crippen molar-refractivity contribution in [2.75, 3.05) is 7.11 Å². The second kappa shape index (κ2) is 4.42. The van der Waals surface area contributed by atoms with Crippen LogP contribution in [0, 0.1) is 19.0 Å². The summed E-state index contributed by atoms with van der Waals surface area (Å²) in [5.41, 5.74) is 1.02. The van der Waals surface area contributed by atoms with Crippen molar-refractivity contribution < 1.29 is 9.47 Å². The molecule has 0 N–H and O–H groups in total. The maximum atomic E-state index is 5.22. The van der Waals surface area contributed by atoms with E-state index in [1.54, 1.807) is 14.0 Å². The van der Waals surface area contributed by atoms with E-state index >= 15 is 0 Å². The highest BCUT2D eigenvalue weighted by Crippen LogP contribution is 2.29. The molecule has 0 aliphatic carbocycles. The highest BCUT2D eigenvalue weighted by atomic mass is 16.5.